The van der Waals surface area contributed by atoms with Gasteiger partial charge in [0.1, 0.15) is 18.3 Å². The number of ether oxygens (including phenoxy) is 4. The Bertz CT molecular complexity index is 1560. The molecule has 5 rings (SSSR count). The van der Waals surface area contributed by atoms with Crippen molar-refractivity contribution in [2.45, 2.75) is 96.9 Å². The Labute approximate surface area is 297 Å². The summed E-state index contributed by atoms with van der Waals surface area (Å²) in [6, 6.07) is 39.4. The molecular weight excluding hydrogens is 651 g/mol. The Balaban J connectivity index is 1.57. The smallest absolute Gasteiger partial charge is 0.331 e. The standard InChI is InChI=1S/C41H51O8P/c1-30(2)48-50(43,49-31(3)4)29-36-37(42)39(45-26-33-19-11-6-12-20-33)41(47-28-35-23-15-8-16-24-35)40(46-27-34-21-13-7-14-22-34)38(36)44-25-32-17-9-5-10-18-32/h5-24,30-31,36-42H,25-29H2,1-4H3/t36-,37-,38+,39+,40-,41-/m0/s1. The third kappa shape index (κ3) is 11.2. The molecule has 6 atom stereocenters. The lowest BCUT2D eigenvalue weighted by Crippen LogP contribution is -2.64. The van der Waals surface area contributed by atoms with E-state index in [1.54, 1.807) is 0 Å². The average Bonchev–Trinajstić information content (AvgIpc) is 3.11. The van der Waals surface area contributed by atoms with Crippen LogP contribution in [0.25, 0.3) is 0 Å². The monoisotopic (exact) mass is 702 g/mol. The third-order valence-electron chi connectivity index (χ3n) is 8.49. The van der Waals surface area contributed by atoms with E-state index >= 15 is 0 Å². The summed E-state index contributed by atoms with van der Waals surface area (Å²) < 4.78 is 53.4. The number of aliphatic hydroxyl groups excluding tert-OH is 1. The van der Waals surface area contributed by atoms with Crippen LogP contribution in [-0.2, 0) is 59.0 Å². The quantitative estimate of drug-likeness (QED) is 0.104. The highest BCUT2D eigenvalue weighted by atomic mass is 31.2. The van der Waals surface area contributed by atoms with Gasteiger partial charge in [0.15, 0.2) is 0 Å². The average molecular weight is 703 g/mol. The lowest BCUT2D eigenvalue weighted by molar-refractivity contribution is -0.258. The Morgan fingerprint density at radius 3 is 1.14 bits per heavy atom. The number of hydrogen-bond donors (Lipinski definition) is 1. The second-order valence-corrected chi connectivity index (χ2v) is 15.3. The molecule has 1 N–H and O–H groups in total. The molecule has 4 aromatic carbocycles. The summed E-state index contributed by atoms with van der Waals surface area (Å²) in [5, 5.41) is 12.4. The van der Waals surface area contributed by atoms with Crippen LogP contribution in [0.4, 0.5) is 0 Å². The van der Waals surface area contributed by atoms with Gasteiger partial charge in [-0.2, -0.15) is 0 Å². The van der Waals surface area contributed by atoms with Crippen LogP contribution in [-0.4, -0.2) is 54.0 Å². The highest BCUT2D eigenvalue weighted by molar-refractivity contribution is 7.53. The largest absolute Gasteiger partial charge is 0.390 e. The second-order valence-electron chi connectivity index (χ2n) is 13.3. The highest BCUT2D eigenvalue weighted by Crippen LogP contribution is 2.54. The van der Waals surface area contributed by atoms with Gasteiger partial charge in [0.05, 0.1) is 57.0 Å². The van der Waals surface area contributed by atoms with E-state index in [1.807, 2.05) is 149 Å². The number of aliphatic hydroxyl groups is 1. The Morgan fingerprint density at radius 2 is 0.800 bits per heavy atom. The summed E-state index contributed by atoms with van der Waals surface area (Å²) in [6.45, 7) is 8.27. The number of benzene rings is 4. The van der Waals surface area contributed by atoms with Crippen molar-refractivity contribution in [2.24, 2.45) is 5.92 Å². The summed E-state index contributed by atoms with van der Waals surface area (Å²) in [5.74, 6) is -0.764. The fourth-order valence-corrected chi connectivity index (χ4v) is 8.78. The molecule has 0 aromatic heterocycles. The van der Waals surface area contributed by atoms with Gasteiger partial charge in [0.2, 0.25) is 0 Å². The molecule has 1 aliphatic carbocycles. The maximum absolute atomic E-state index is 14.5. The summed E-state index contributed by atoms with van der Waals surface area (Å²) >= 11 is 0. The maximum Gasteiger partial charge on any atom is 0.331 e. The van der Waals surface area contributed by atoms with E-state index in [0.29, 0.717) is 0 Å². The molecule has 0 spiro atoms. The van der Waals surface area contributed by atoms with Crippen molar-refractivity contribution in [2.75, 3.05) is 6.16 Å². The van der Waals surface area contributed by atoms with Crippen LogP contribution in [0.3, 0.4) is 0 Å². The fraction of sp³-hybridized carbons (Fsp3) is 0.415. The Morgan fingerprint density at radius 1 is 0.500 bits per heavy atom. The molecule has 50 heavy (non-hydrogen) atoms. The number of rotatable bonds is 18. The fourth-order valence-electron chi connectivity index (χ4n) is 6.33. The molecule has 0 unspecified atom stereocenters. The first kappa shape index (κ1) is 38.1. The Kier molecular flexibility index (Phi) is 14.4. The molecule has 1 fully saturated rings. The summed E-state index contributed by atoms with van der Waals surface area (Å²) in [6.07, 6.45) is -5.15. The van der Waals surface area contributed by atoms with Gasteiger partial charge < -0.3 is 33.1 Å². The zero-order chi connectivity index (χ0) is 35.3. The van der Waals surface area contributed by atoms with Crippen LogP contribution in [0.2, 0.25) is 0 Å². The van der Waals surface area contributed by atoms with Crippen molar-refractivity contribution >= 4 is 7.60 Å². The van der Waals surface area contributed by atoms with Crippen molar-refractivity contribution in [3.8, 4) is 0 Å². The zero-order valence-electron chi connectivity index (χ0n) is 29.5. The number of hydrogen-bond acceptors (Lipinski definition) is 8. The lowest BCUT2D eigenvalue weighted by atomic mass is 9.78. The summed E-state index contributed by atoms with van der Waals surface area (Å²) in [5.41, 5.74) is 3.83. The first-order chi connectivity index (χ1) is 24.2. The molecule has 4 aromatic rings. The zero-order valence-corrected chi connectivity index (χ0v) is 30.3. The van der Waals surface area contributed by atoms with Gasteiger partial charge in [0.25, 0.3) is 0 Å². The van der Waals surface area contributed by atoms with Crippen LogP contribution >= 0.6 is 7.60 Å². The SMILES string of the molecule is CC(C)OP(=O)(C[C@H]1[C@H](O)[C@@H](OCc2ccccc2)[C@H](OCc2ccccc2)[C@@H](OCc2ccccc2)[C@@H]1OCc1ccccc1)OC(C)C. The topological polar surface area (TPSA) is 92.7 Å². The van der Waals surface area contributed by atoms with Crippen molar-refractivity contribution < 1.29 is 37.7 Å². The molecule has 1 saturated carbocycles. The third-order valence-corrected chi connectivity index (χ3v) is 10.8. The van der Waals surface area contributed by atoms with Gasteiger partial charge in [-0.15, -0.1) is 0 Å². The van der Waals surface area contributed by atoms with Crippen molar-refractivity contribution in [1.29, 1.82) is 0 Å². The minimum absolute atomic E-state index is 0.105. The van der Waals surface area contributed by atoms with E-state index in [1.165, 1.54) is 0 Å². The van der Waals surface area contributed by atoms with Crippen LogP contribution in [0.5, 0.6) is 0 Å². The van der Waals surface area contributed by atoms with Gasteiger partial charge in [0, 0.05) is 5.92 Å². The lowest BCUT2D eigenvalue weighted by Gasteiger charge is -2.49. The van der Waals surface area contributed by atoms with Crippen molar-refractivity contribution in [3.63, 3.8) is 0 Å². The minimum Gasteiger partial charge on any atom is -0.390 e. The van der Waals surface area contributed by atoms with Crippen LogP contribution in [0.1, 0.15) is 49.9 Å². The molecule has 0 bridgehead atoms. The minimum atomic E-state index is -3.75. The summed E-state index contributed by atoms with van der Waals surface area (Å²) in [7, 11) is -3.75. The maximum atomic E-state index is 14.5. The second kappa shape index (κ2) is 18.9. The first-order valence-electron chi connectivity index (χ1n) is 17.5. The van der Waals surface area contributed by atoms with Gasteiger partial charge >= 0.3 is 7.60 Å². The van der Waals surface area contributed by atoms with Gasteiger partial charge in [-0.05, 0) is 49.9 Å². The molecule has 0 amide bonds. The van der Waals surface area contributed by atoms with E-state index in [0.717, 1.165) is 22.3 Å². The molecule has 9 heteroatoms. The van der Waals surface area contributed by atoms with Crippen LogP contribution < -0.4 is 0 Å². The predicted octanol–water partition coefficient (Wildman–Crippen LogP) is 8.36. The molecule has 0 heterocycles. The van der Waals surface area contributed by atoms with Gasteiger partial charge in [-0.25, -0.2) is 0 Å². The molecule has 0 saturated heterocycles. The Hall–Kier alpha value is -3.17. The van der Waals surface area contributed by atoms with E-state index < -0.39 is 44.0 Å². The molecular formula is C41H51O8P. The summed E-state index contributed by atoms with van der Waals surface area (Å²) in [4.78, 5) is 0. The van der Waals surface area contributed by atoms with Crippen LogP contribution in [0.15, 0.2) is 121 Å². The molecule has 1 aliphatic rings. The molecule has 0 radical (unpaired) electrons. The highest BCUT2D eigenvalue weighted by Gasteiger charge is 2.55. The van der Waals surface area contributed by atoms with E-state index in [-0.39, 0.29) is 44.8 Å². The van der Waals surface area contributed by atoms with E-state index in [4.69, 9.17) is 28.0 Å². The first-order valence-corrected chi connectivity index (χ1v) is 19.2. The van der Waals surface area contributed by atoms with Crippen molar-refractivity contribution in [3.05, 3.63) is 144 Å². The van der Waals surface area contributed by atoms with E-state index in [2.05, 4.69) is 0 Å². The molecule has 0 aliphatic heterocycles. The molecule has 268 valence electrons. The van der Waals surface area contributed by atoms with Crippen molar-refractivity contribution in [1.82, 2.24) is 0 Å². The van der Waals surface area contributed by atoms with E-state index in [9.17, 15) is 9.67 Å². The van der Waals surface area contributed by atoms with Gasteiger partial charge in [-0.3, -0.25) is 4.57 Å². The normalized spacial score (nSPS) is 22.6. The predicted molar refractivity (Wildman–Crippen MR) is 194 cm³/mol. The molecule has 8 nitrogen and oxygen atoms in total. The van der Waals surface area contributed by atoms with Gasteiger partial charge in [-0.1, -0.05) is 121 Å². The van der Waals surface area contributed by atoms with Crippen LogP contribution in [0, 0.1) is 5.92 Å².